The molecule has 2 aliphatic rings. The van der Waals surface area contributed by atoms with Crippen LogP contribution in [0.5, 0.6) is 0 Å². The quantitative estimate of drug-likeness (QED) is 0.776. The molecule has 16 heavy (non-hydrogen) atoms. The maximum Gasteiger partial charge on any atom is 0.0360 e. The first kappa shape index (κ1) is 12.4. The van der Waals surface area contributed by atoms with E-state index in [1.165, 1.54) is 51.6 Å². The predicted octanol–water partition coefficient (Wildman–Crippen LogP) is 2.64. The van der Waals surface area contributed by atoms with Crippen LogP contribution in [0.2, 0.25) is 0 Å². The van der Waals surface area contributed by atoms with Crippen LogP contribution >= 0.6 is 0 Å². The topological polar surface area (TPSA) is 15.3 Å². The third-order valence-corrected chi connectivity index (χ3v) is 4.87. The van der Waals surface area contributed by atoms with Gasteiger partial charge in [0, 0.05) is 11.6 Å². The molecule has 0 aromatic heterocycles. The molecule has 0 bridgehead atoms. The lowest BCUT2D eigenvalue weighted by atomic mass is 9.71. The van der Waals surface area contributed by atoms with Crippen molar-refractivity contribution in [2.45, 2.75) is 64.0 Å². The van der Waals surface area contributed by atoms with Gasteiger partial charge in [-0.1, -0.05) is 26.7 Å². The van der Waals surface area contributed by atoms with E-state index in [1.807, 2.05) is 0 Å². The number of hydrogen-bond acceptors (Lipinski definition) is 2. The average Bonchev–Trinajstić information content (AvgIpc) is 2.30. The average molecular weight is 224 g/mol. The molecule has 2 saturated heterocycles. The van der Waals surface area contributed by atoms with Crippen molar-refractivity contribution in [2.24, 2.45) is 5.92 Å². The Morgan fingerprint density at radius 3 is 2.56 bits per heavy atom. The van der Waals surface area contributed by atoms with Crippen molar-refractivity contribution in [3.05, 3.63) is 0 Å². The van der Waals surface area contributed by atoms with Crippen molar-refractivity contribution in [1.29, 1.82) is 0 Å². The van der Waals surface area contributed by atoms with Crippen molar-refractivity contribution >= 4 is 0 Å². The Kier molecular flexibility index (Phi) is 3.91. The predicted molar refractivity (Wildman–Crippen MR) is 69.7 cm³/mol. The second-order valence-electron chi connectivity index (χ2n) is 6.07. The van der Waals surface area contributed by atoms with E-state index in [-0.39, 0.29) is 0 Å². The second kappa shape index (κ2) is 5.05. The molecule has 2 rings (SSSR count). The molecule has 2 fully saturated rings. The van der Waals surface area contributed by atoms with Gasteiger partial charge >= 0.3 is 0 Å². The van der Waals surface area contributed by atoms with E-state index < -0.39 is 0 Å². The summed E-state index contributed by atoms with van der Waals surface area (Å²) in [5, 5.41) is 3.89. The van der Waals surface area contributed by atoms with E-state index in [1.54, 1.807) is 0 Å². The first-order valence-corrected chi connectivity index (χ1v) is 7.12. The van der Waals surface area contributed by atoms with Crippen LogP contribution in [0.4, 0.5) is 0 Å². The van der Waals surface area contributed by atoms with Gasteiger partial charge in [-0.3, -0.25) is 0 Å². The highest BCUT2D eigenvalue weighted by Gasteiger charge is 2.44. The van der Waals surface area contributed by atoms with E-state index in [9.17, 15) is 0 Å². The molecule has 0 amide bonds. The minimum absolute atomic E-state index is 0.396. The summed E-state index contributed by atoms with van der Waals surface area (Å²) in [6.07, 6.45) is 8.36. The lowest BCUT2D eigenvalue weighted by molar-refractivity contribution is 0.0331. The SMILES string of the molecule is CC(C)C1(C2CCCCN2C)CCCCN1. The highest BCUT2D eigenvalue weighted by atomic mass is 15.2. The Morgan fingerprint density at radius 1 is 1.19 bits per heavy atom. The number of piperidine rings is 2. The minimum Gasteiger partial charge on any atom is -0.310 e. The fourth-order valence-corrected chi connectivity index (χ4v) is 3.84. The molecule has 0 aromatic rings. The summed E-state index contributed by atoms with van der Waals surface area (Å²) >= 11 is 0. The van der Waals surface area contributed by atoms with Gasteiger partial charge in [0.1, 0.15) is 0 Å². The van der Waals surface area contributed by atoms with Crippen molar-refractivity contribution in [3.63, 3.8) is 0 Å². The molecule has 0 aliphatic carbocycles. The van der Waals surface area contributed by atoms with Crippen LogP contribution in [-0.2, 0) is 0 Å². The molecule has 2 heterocycles. The summed E-state index contributed by atoms with van der Waals surface area (Å²) in [6.45, 7) is 7.32. The monoisotopic (exact) mass is 224 g/mol. The van der Waals surface area contributed by atoms with E-state index in [4.69, 9.17) is 0 Å². The summed E-state index contributed by atoms with van der Waals surface area (Å²) in [6, 6.07) is 0.765. The van der Waals surface area contributed by atoms with Gasteiger partial charge in [-0.25, -0.2) is 0 Å². The third-order valence-electron chi connectivity index (χ3n) is 4.87. The molecule has 0 aromatic carbocycles. The summed E-state index contributed by atoms with van der Waals surface area (Å²) in [4.78, 5) is 2.61. The van der Waals surface area contributed by atoms with Crippen LogP contribution in [0.25, 0.3) is 0 Å². The molecule has 1 N–H and O–H groups in total. The molecule has 0 spiro atoms. The van der Waals surface area contributed by atoms with Gasteiger partial charge in [-0.2, -0.15) is 0 Å². The zero-order valence-electron chi connectivity index (χ0n) is 11.3. The summed E-state index contributed by atoms with van der Waals surface area (Å²) in [5.74, 6) is 0.748. The summed E-state index contributed by atoms with van der Waals surface area (Å²) in [7, 11) is 2.32. The van der Waals surface area contributed by atoms with Crippen molar-refractivity contribution < 1.29 is 0 Å². The Balaban J connectivity index is 2.16. The Hall–Kier alpha value is -0.0800. The molecule has 2 nitrogen and oxygen atoms in total. The fraction of sp³-hybridized carbons (Fsp3) is 1.00. The first-order valence-electron chi connectivity index (χ1n) is 7.12. The number of likely N-dealkylation sites (tertiary alicyclic amines) is 1. The number of nitrogens with zero attached hydrogens (tertiary/aromatic N) is 1. The smallest absolute Gasteiger partial charge is 0.0360 e. The largest absolute Gasteiger partial charge is 0.310 e. The molecule has 0 radical (unpaired) electrons. The standard InChI is InChI=1S/C14H28N2/c1-12(2)14(9-5-6-10-15-14)13-8-4-7-11-16(13)3/h12-13,15H,4-11H2,1-3H3. The van der Waals surface area contributed by atoms with Gasteiger partial charge in [0.25, 0.3) is 0 Å². The third kappa shape index (κ3) is 2.14. The van der Waals surface area contributed by atoms with Crippen LogP contribution < -0.4 is 5.32 Å². The van der Waals surface area contributed by atoms with Crippen molar-refractivity contribution in [1.82, 2.24) is 10.2 Å². The van der Waals surface area contributed by atoms with Gasteiger partial charge in [0.2, 0.25) is 0 Å². The zero-order valence-corrected chi connectivity index (χ0v) is 11.3. The second-order valence-corrected chi connectivity index (χ2v) is 6.07. The van der Waals surface area contributed by atoms with Gasteiger partial charge in [-0.15, -0.1) is 0 Å². The van der Waals surface area contributed by atoms with Gasteiger partial charge in [0.05, 0.1) is 0 Å². The minimum atomic E-state index is 0.396. The Bertz CT molecular complexity index is 219. The lowest BCUT2D eigenvalue weighted by Gasteiger charge is -2.52. The summed E-state index contributed by atoms with van der Waals surface area (Å²) < 4.78 is 0. The van der Waals surface area contributed by atoms with E-state index in [2.05, 4.69) is 31.1 Å². The van der Waals surface area contributed by atoms with Crippen LogP contribution in [0.3, 0.4) is 0 Å². The van der Waals surface area contributed by atoms with Gasteiger partial charge in [-0.05, 0) is 51.7 Å². The maximum absolute atomic E-state index is 3.89. The van der Waals surface area contributed by atoms with Crippen LogP contribution in [0, 0.1) is 5.92 Å². The Morgan fingerprint density at radius 2 is 2.00 bits per heavy atom. The molecule has 94 valence electrons. The van der Waals surface area contributed by atoms with E-state index in [0.717, 1.165) is 12.0 Å². The number of nitrogens with one attached hydrogen (secondary N) is 1. The molecular weight excluding hydrogens is 196 g/mol. The van der Waals surface area contributed by atoms with Gasteiger partial charge in [0.15, 0.2) is 0 Å². The molecule has 2 heteroatoms. The van der Waals surface area contributed by atoms with Crippen LogP contribution in [0.1, 0.15) is 52.4 Å². The van der Waals surface area contributed by atoms with Gasteiger partial charge < -0.3 is 10.2 Å². The summed E-state index contributed by atoms with van der Waals surface area (Å²) in [5.41, 5.74) is 0.396. The van der Waals surface area contributed by atoms with Crippen LogP contribution in [0.15, 0.2) is 0 Å². The lowest BCUT2D eigenvalue weighted by Crippen LogP contribution is -2.65. The molecule has 2 atom stereocenters. The highest BCUT2D eigenvalue weighted by molar-refractivity contribution is 5.04. The van der Waals surface area contributed by atoms with E-state index in [0.29, 0.717) is 5.54 Å². The van der Waals surface area contributed by atoms with Crippen molar-refractivity contribution in [3.8, 4) is 0 Å². The molecular formula is C14H28N2. The maximum atomic E-state index is 3.89. The molecule has 2 unspecified atom stereocenters. The first-order chi connectivity index (χ1) is 7.67. The van der Waals surface area contributed by atoms with E-state index >= 15 is 0 Å². The number of likely N-dealkylation sites (N-methyl/N-ethyl adjacent to an activating group) is 1. The highest BCUT2D eigenvalue weighted by Crippen LogP contribution is 2.36. The van der Waals surface area contributed by atoms with Crippen LogP contribution in [-0.4, -0.2) is 36.6 Å². The zero-order chi connectivity index (χ0) is 11.6. The normalized spacial score (nSPS) is 37.9. The molecule has 2 aliphatic heterocycles. The number of rotatable bonds is 2. The fourth-order valence-electron chi connectivity index (χ4n) is 3.84. The molecule has 0 saturated carbocycles. The van der Waals surface area contributed by atoms with Crippen molar-refractivity contribution in [2.75, 3.05) is 20.1 Å². The number of hydrogen-bond donors (Lipinski definition) is 1. The Labute approximate surface area is 101 Å².